The summed E-state index contributed by atoms with van der Waals surface area (Å²) in [4.78, 5) is 3.94. The Kier molecular flexibility index (Phi) is 3.75. The Morgan fingerprint density at radius 3 is 2.50 bits per heavy atom. The van der Waals surface area contributed by atoms with Crippen LogP contribution in [0.4, 0.5) is 0 Å². The van der Waals surface area contributed by atoms with Crippen molar-refractivity contribution in [2.45, 2.75) is 45.1 Å². The summed E-state index contributed by atoms with van der Waals surface area (Å²) in [7, 11) is 0. The van der Waals surface area contributed by atoms with Gasteiger partial charge in [-0.15, -0.1) is 0 Å². The average molecular weight is 322 g/mol. The van der Waals surface area contributed by atoms with Gasteiger partial charge in [0.25, 0.3) is 0 Å². The van der Waals surface area contributed by atoms with E-state index in [4.69, 9.17) is 16.3 Å². The highest BCUT2D eigenvalue weighted by atomic mass is 35.5. The predicted octanol–water partition coefficient (Wildman–Crippen LogP) is 2.85. The zero-order valence-corrected chi connectivity index (χ0v) is 13.7. The first-order valence-electron chi connectivity index (χ1n) is 7.27. The van der Waals surface area contributed by atoms with Crippen LogP contribution in [0.1, 0.15) is 32.4 Å². The molecule has 1 aliphatic heterocycles. The molecule has 1 fully saturated rings. The number of aliphatic hydroxyl groups is 1. The molecule has 0 bridgehead atoms. The number of aromatic nitrogens is 3. The van der Waals surface area contributed by atoms with Crippen molar-refractivity contribution in [1.29, 1.82) is 0 Å². The van der Waals surface area contributed by atoms with Gasteiger partial charge in [-0.05, 0) is 23.1 Å². The van der Waals surface area contributed by atoms with Crippen molar-refractivity contribution in [3.05, 3.63) is 47.5 Å². The monoisotopic (exact) mass is 321 g/mol. The third-order valence-electron chi connectivity index (χ3n) is 4.33. The van der Waals surface area contributed by atoms with E-state index in [9.17, 15) is 5.11 Å². The molecule has 22 heavy (non-hydrogen) atoms. The standard InChI is InChI=1S/C16H20ClN3O2/c1-15(2,3)16(21,8-20-10-18-9-19-20)14-13(22-14)11-4-6-12(17)7-5-11/h4-7,9-10,13-14,21H,8H2,1-3H3/t13-,14+,16-/m1/s1. The molecule has 2 aromatic rings. The average Bonchev–Trinajstić information content (AvgIpc) is 3.09. The van der Waals surface area contributed by atoms with Gasteiger partial charge in [-0.3, -0.25) is 0 Å². The van der Waals surface area contributed by atoms with Gasteiger partial charge in [-0.2, -0.15) is 5.10 Å². The SMILES string of the molecule is CC(C)(C)[C@@](O)(Cn1cncn1)[C@H]1O[C@@H]1c1ccc(Cl)cc1. The Bertz CT molecular complexity index is 636. The van der Waals surface area contributed by atoms with Crippen molar-refractivity contribution < 1.29 is 9.84 Å². The molecule has 1 saturated heterocycles. The second-order valence-electron chi connectivity index (χ2n) is 6.80. The number of benzene rings is 1. The molecule has 3 atom stereocenters. The molecule has 5 nitrogen and oxygen atoms in total. The van der Waals surface area contributed by atoms with Gasteiger partial charge in [0, 0.05) is 5.02 Å². The first kappa shape index (κ1) is 15.5. The summed E-state index contributed by atoms with van der Waals surface area (Å²) in [6.07, 6.45) is 2.67. The lowest BCUT2D eigenvalue weighted by atomic mass is 9.73. The van der Waals surface area contributed by atoms with Crippen LogP contribution in [0, 0.1) is 5.41 Å². The van der Waals surface area contributed by atoms with Crippen molar-refractivity contribution in [3.8, 4) is 0 Å². The predicted molar refractivity (Wildman–Crippen MR) is 83.5 cm³/mol. The number of hydrogen-bond donors (Lipinski definition) is 1. The summed E-state index contributed by atoms with van der Waals surface area (Å²) in [5, 5.41) is 16.1. The molecule has 0 aliphatic carbocycles. The van der Waals surface area contributed by atoms with Gasteiger partial charge in [0.15, 0.2) is 0 Å². The number of epoxide rings is 1. The minimum Gasteiger partial charge on any atom is -0.385 e. The first-order valence-corrected chi connectivity index (χ1v) is 7.65. The number of hydrogen-bond acceptors (Lipinski definition) is 4. The van der Waals surface area contributed by atoms with E-state index in [0.717, 1.165) is 5.56 Å². The molecular weight excluding hydrogens is 302 g/mol. The molecule has 0 amide bonds. The minimum absolute atomic E-state index is 0.120. The van der Waals surface area contributed by atoms with Gasteiger partial charge in [-0.25, -0.2) is 9.67 Å². The summed E-state index contributed by atoms with van der Waals surface area (Å²) in [5.41, 5.74) is -0.397. The smallest absolute Gasteiger partial charge is 0.137 e. The molecule has 118 valence electrons. The van der Waals surface area contributed by atoms with Crippen LogP contribution in [0.25, 0.3) is 0 Å². The zero-order chi connectivity index (χ0) is 16.0. The second-order valence-corrected chi connectivity index (χ2v) is 7.23. The number of nitrogens with zero attached hydrogens (tertiary/aromatic N) is 3. The third-order valence-corrected chi connectivity index (χ3v) is 4.58. The Hall–Kier alpha value is -1.43. The number of halogens is 1. The number of ether oxygens (including phenoxy) is 1. The Balaban J connectivity index is 1.84. The van der Waals surface area contributed by atoms with Crippen LogP contribution in [-0.4, -0.2) is 31.6 Å². The highest BCUT2D eigenvalue weighted by Crippen LogP contribution is 2.51. The second kappa shape index (κ2) is 5.33. The molecule has 1 aromatic carbocycles. The molecule has 0 unspecified atom stereocenters. The van der Waals surface area contributed by atoms with Crippen LogP contribution >= 0.6 is 11.6 Å². The van der Waals surface area contributed by atoms with Crippen molar-refractivity contribution in [3.63, 3.8) is 0 Å². The molecule has 2 heterocycles. The lowest BCUT2D eigenvalue weighted by Crippen LogP contribution is -2.51. The van der Waals surface area contributed by atoms with Crippen LogP contribution in [-0.2, 0) is 11.3 Å². The largest absolute Gasteiger partial charge is 0.385 e. The fraction of sp³-hybridized carbons (Fsp3) is 0.500. The maximum atomic E-state index is 11.3. The van der Waals surface area contributed by atoms with Crippen LogP contribution in [0.2, 0.25) is 5.02 Å². The van der Waals surface area contributed by atoms with Gasteiger partial charge in [0.2, 0.25) is 0 Å². The molecule has 0 saturated carbocycles. The van der Waals surface area contributed by atoms with Gasteiger partial charge in [0.1, 0.15) is 30.5 Å². The summed E-state index contributed by atoms with van der Waals surface area (Å²) >= 11 is 5.92. The summed E-state index contributed by atoms with van der Waals surface area (Å²) in [6.45, 7) is 6.35. The van der Waals surface area contributed by atoms with E-state index >= 15 is 0 Å². The van der Waals surface area contributed by atoms with Gasteiger partial charge < -0.3 is 9.84 Å². The normalized spacial score (nSPS) is 24.0. The van der Waals surface area contributed by atoms with E-state index in [1.165, 1.54) is 6.33 Å². The van der Waals surface area contributed by atoms with E-state index in [1.807, 2.05) is 45.0 Å². The van der Waals surface area contributed by atoms with E-state index in [2.05, 4.69) is 10.1 Å². The van der Waals surface area contributed by atoms with E-state index in [0.29, 0.717) is 11.6 Å². The highest BCUT2D eigenvalue weighted by molar-refractivity contribution is 6.30. The van der Waals surface area contributed by atoms with Crippen molar-refractivity contribution in [2.75, 3.05) is 0 Å². The lowest BCUT2D eigenvalue weighted by Gasteiger charge is -2.39. The van der Waals surface area contributed by atoms with Crippen molar-refractivity contribution >= 4 is 11.6 Å². The molecular formula is C16H20ClN3O2. The fourth-order valence-electron chi connectivity index (χ4n) is 2.70. The van der Waals surface area contributed by atoms with Crippen molar-refractivity contribution in [1.82, 2.24) is 14.8 Å². The molecule has 6 heteroatoms. The summed E-state index contributed by atoms with van der Waals surface area (Å²) in [5.74, 6) is 0. The van der Waals surface area contributed by atoms with Crippen molar-refractivity contribution in [2.24, 2.45) is 5.41 Å². The van der Waals surface area contributed by atoms with E-state index in [-0.39, 0.29) is 17.6 Å². The molecule has 1 aliphatic rings. The quantitative estimate of drug-likeness (QED) is 0.880. The van der Waals surface area contributed by atoms with Crippen LogP contribution < -0.4 is 0 Å². The fourth-order valence-corrected chi connectivity index (χ4v) is 2.82. The third kappa shape index (κ3) is 2.76. The first-order chi connectivity index (χ1) is 10.3. The Labute approximate surface area is 134 Å². The maximum Gasteiger partial charge on any atom is 0.137 e. The Morgan fingerprint density at radius 1 is 1.27 bits per heavy atom. The van der Waals surface area contributed by atoms with Gasteiger partial charge >= 0.3 is 0 Å². The van der Waals surface area contributed by atoms with E-state index in [1.54, 1.807) is 11.0 Å². The lowest BCUT2D eigenvalue weighted by molar-refractivity contribution is -0.0925. The highest BCUT2D eigenvalue weighted by Gasteiger charge is 2.60. The maximum absolute atomic E-state index is 11.3. The topological polar surface area (TPSA) is 63.5 Å². The molecule has 3 rings (SSSR count). The van der Waals surface area contributed by atoms with Gasteiger partial charge in [-0.1, -0.05) is 44.5 Å². The number of rotatable bonds is 4. The van der Waals surface area contributed by atoms with Crippen LogP contribution in [0.3, 0.4) is 0 Å². The van der Waals surface area contributed by atoms with E-state index < -0.39 is 5.60 Å². The van der Waals surface area contributed by atoms with Gasteiger partial charge in [0.05, 0.1) is 6.54 Å². The Morgan fingerprint density at radius 2 is 1.95 bits per heavy atom. The molecule has 1 aromatic heterocycles. The molecule has 0 spiro atoms. The van der Waals surface area contributed by atoms with Crippen LogP contribution in [0.15, 0.2) is 36.9 Å². The summed E-state index contributed by atoms with van der Waals surface area (Å²) in [6, 6.07) is 7.55. The summed E-state index contributed by atoms with van der Waals surface area (Å²) < 4.78 is 7.47. The van der Waals surface area contributed by atoms with Crippen LogP contribution in [0.5, 0.6) is 0 Å². The molecule has 0 radical (unpaired) electrons. The zero-order valence-electron chi connectivity index (χ0n) is 12.9. The minimum atomic E-state index is -1.05. The molecule has 1 N–H and O–H groups in total.